The lowest BCUT2D eigenvalue weighted by Gasteiger charge is -2.17. The molecule has 0 spiro atoms. The number of aliphatic hydroxyl groups excluding tert-OH is 1. The van der Waals surface area contributed by atoms with Gasteiger partial charge in [-0.3, -0.25) is 4.79 Å². The van der Waals surface area contributed by atoms with Gasteiger partial charge in [0.2, 0.25) is 0 Å². The Balaban J connectivity index is 2.46. The molecule has 0 amide bonds. The zero-order valence-corrected chi connectivity index (χ0v) is 7.55. The third kappa shape index (κ3) is 2.86. The molecule has 0 fully saturated rings. The second-order valence-corrected chi connectivity index (χ2v) is 3.24. The monoisotopic (exact) mass is 199 g/mol. The first kappa shape index (κ1) is 10.7. The summed E-state index contributed by atoms with van der Waals surface area (Å²) in [5, 5.41) is 26.2. The molecule has 0 aromatic rings. The van der Waals surface area contributed by atoms with Gasteiger partial charge in [0.1, 0.15) is 11.8 Å². The molecule has 0 aliphatic heterocycles. The van der Waals surface area contributed by atoms with Crippen molar-refractivity contribution in [1.29, 1.82) is 0 Å². The van der Waals surface area contributed by atoms with E-state index in [1.54, 1.807) is 17.6 Å². The summed E-state index contributed by atoms with van der Waals surface area (Å²) < 4.78 is 0. The predicted molar refractivity (Wildman–Crippen MR) is 48.9 cm³/mol. The first-order valence-corrected chi connectivity index (χ1v) is 4.33. The summed E-state index contributed by atoms with van der Waals surface area (Å²) in [5.74, 6) is -0.851. The SMILES string of the molecule is O=C(O)C(CC1C=CC(O)=CC1)NO. The van der Waals surface area contributed by atoms with Crippen LogP contribution in [0, 0.1) is 5.92 Å². The molecule has 5 heteroatoms. The van der Waals surface area contributed by atoms with E-state index in [0.29, 0.717) is 12.8 Å². The van der Waals surface area contributed by atoms with Crippen molar-refractivity contribution in [3.63, 3.8) is 0 Å². The van der Waals surface area contributed by atoms with Gasteiger partial charge in [-0.15, -0.1) is 0 Å². The Morgan fingerprint density at radius 1 is 1.71 bits per heavy atom. The highest BCUT2D eigenvalue weighted by molar-refractivity contribution is 5.73. The second-order valence-electron chi connectivity index (χ2n) is 3.24. The van der Waals surface area contributed by atoms with E-state index in [1.165, 1.54) is 6.08 Å². The van der Waals surface area contributed by atoms with Crippen LogP contribution in [-0.4, -0.2) is 27.4 Å². The number of nitrogens with one attached hydrogen (secondary N) is 1. The zero-order valence-electron chi connectivity index (χ0n) is 7.55. The van der Waals surface area contributed by atoms with E-state index in [4.69, 9.17) is 15.4 Å². The number of hydrogen-bond donors (Lipinski definition) is 4. The molecule has 1 rings (SSSR count). The van der Waals surface area contributed by atoms with Gasteiger partial charge >= 0.3 is 5.97 Å². The van der Waals surface area contributed by atoms with Gasteiger partial charge in [0.05, 0.1) is 0 Å². The van der Waals surface area contributed by atoms with Crippen LogP contribution in [0.1, 0.15) is 12.8 Å². The molecule has 1 aliphatic rings. The van der Waals surface area contributed by atoms with E-state index in [9.17, 15) is 4.79 Å². The molecule has 0 radical (unpaired) electrons. The van der Waals surface area contributed by atoms with Gasteiger partial charge in [-0.05, 0) is 30.9 Å². The fraction of sp³-hybridized carbons (Fsp3) is 0.444. The Hall–Kier alpha value is -1.33. The van der Waals surface area contributed by atoms with Crippen LogP contribution >= 0.6 is 0 Å². The average molecular weight is 199 g/mol. The maximum absolute atomic E-state index is 10.6. The van der Waals surface area contributed by atoms with Gasteiger partial charge < -0.3 is 15.4 Å². The van der Waals surface area contributed by atoms with Gasteiger partial charge in [0.15, 0.2) is 0 Å². The molecular formula is C9H13NO4. The third-order valence-corrected chi connectivity index (χ3v) is 2.16. The van der Waals surface area contributed by atoms with Crippen LogP contribution in [0.5, 0.6) is 0 Å². The highest BCUT2D eigenvalue weighted by Crippen LogP contribution is 2.19. The maximum Gasteiger partial charge on any atom is 0.323 e. The van der Waals surface area contributed by atoms with E-state index in [1.807, 2.05) is 0 Å². The Morgan fingerprint density at radius 2 is 2.43 bits per heavy atom. The van der Waals surface area contributed by atoms with Crippen LogP contribution in [0.15, 0.2) is 24.0 Å². The highest BCUT2D eigenvalue weighted by atomic mass is 16.5. The molecule has 14 heavy (non-hydrogen) atoms. The first-order chi connectivity index (χ1) is 6.63. The van der Waals surface area contributed by atoms with Crippen molar-refractivity contribution in [3.8, 4) is 0 Å². The third-order valence-electron chi connectivity index (χ3n) is 2.16. The predicted octanol–water partition coefficient (Wildman–Crippen LogP) is 0.827. The standard InChI is InChI=1S/C9H13NO4/c11-7-3-1-6(2-4-7)5-8(10-14)9(12)13/h1,3-4,6,8,10-11,14H,2,5H2,(H,12,13). The summed E-state index contributed by atoms with van der Waals surface area (Å²) in [6.07, 6.45) is 5.79. The van der Waals surface area contributed by atoms with E-state index in [-0.39, 0.29) is 11.7 Å². The summed E-state index contributed by atoms with van der Waals surface area (Å²) >= 11 is 0. The van der Waals surface area contributed by atoms with Crippen molar-refractivity contribution in [3.05, 3.63) is 24.0 Å². The number of allylic oxidation sites excluding steroid dienone is 3. The number of carboxylic acid groups (broad SMARTS) is 1. The van der Waals surface area contributed by atoms with Crippen molar-refractivity contribution in [2.45, 2.75) is 18.9 Å². The van der Waals surface area contributed by atoms with E-state index < -0.39 is 12.0 Å². The minimum atomic E-state index is -1.08. The Bertz CT molecular complexity index is 272. The minimum Gasteiger partial charge on any atom is -0.508 e. The van der Waals surface area contributed by atoms with Crippen molar-refractivity contribution >= 4 is 5.97 Å². The zero-order chi connectivity index (χ0) is 10.6. The van der Waals surface area contributed by atoms with E-state index in [0.717, 1.165) is 0 Å². The van der Waals surface area contributed by atoms with E-state index in [2.05, 4.69) is 0 Å². The molecule has 0 saturated carbocycles. The van der Waals surface area contributed by atoms with Gasteiger partial charge in [-0.2, -0.15) is 5.48 Å². The molecule has 4 N–H and O–H groups in total. The first-order valence-electron chi connectivity index (χ1n) is 4.33. The lowest BCUT2D eigenvalue weighted by Crippen LogP contribution is -2.36. The van der Waals surface area contributed by atoms with Crippen molar-refractivity contribution < 1.29 is 20.2 Å². The number of rotatable bonds is 4. The average Bonchev–Trinajstić information content (AvgIpc) is 2.16. The molecule has 0 bridgehead atoms. The van der Waals surface area contributed by atoms with Gasteiger partial charge in [0.25, 0.3) is 0 Å². The number of hydroxylamine groups is 1. The lowest BCUT2D eigenvalue weighted by molar-refractivity contribution is -0.142. The molecule has 2 atom stereocenters. The summed E-state index contributed by atoms with van der Waals surface area (Å²) in [6, 6.07) is -0.960. The Kier molecular flexibility index (Phi) is 3.67. The van der Waals surface area contributed by atoms with Gasteiger partial charge in [0, 0.05) is 0 Å². The van der Waals surface area contributed by atoms with Crippen LogP contribution < -0.4 is 5.48 Å². The number of aliphatic hydroxyl groups is 1. The molecule has 0 aromatic carbocycles. The van der Waals surface area contributed by atoms with Crippen molar-refractivity contribution in [2.75, 3.05) is 0 Å². The number of carboxylic acids is 1. The lowest BCUT2D eigenvalue weighted by atomic mass is 9.93. The summed E-state index contributed by atoms with van der Waals surface area (Å²) in [6.45, 7) is 0. The summed E-state index contributed by atoms with van der Waals surface area (Å²) in [5.41, 5.74) is 1.74. The van der Waals surface area contributed by atoms with Crippen LogP contribution in [0.3, 0.4) is 0 Å². The van der Waals surface area contributed by atoms with Crippen LogP contribution in [0.2, 0.25) is 0 Å². The molecule has 0 aromatic heterocycles. The van der Waals surface area contributed by atoms with Gasteiger partial charge in [-0.25, -0.2) is 0 Å². The Labute approximate surface area is 81.3 Å². The minimum absolute atomic E-state index is 0.0339. The van der Waals surface area contributed by atoms with Crippen molar-refractivity contribution in [2.24, 2.45) is 5.92 Å². The number of aliphatic carboxylic acids is 1. The molecule has 0 heterocycles. The topological polar surface area (TPSA) is 89.8 Å². The number of carbonyl (C=O) groups is 1. The normalized spacial score (nSPS) is 22.9. The molecule has 1 aliphatic carbocycles. The quantitative estimate of drug-likeness (QED) is 0.503. The van der Waals surface area contributed by atoms with Crippen LogP contribution in [0.25, 0.3) is 0 Å². The summed E-state index contributed by atoms with van der Waals surface area (Å²) in [7, 11) is 0. The largest absolute Gasteiger partial charge is 0.508 e. The van der Waals surface area contributed by atoms with Gasteiger partial charge in [-0.1, -0.05) is 6.08 Å². The molecule has 78 valence electrons. The molecular weight excluding hydrogens is 186 g/mol. The molecule has 2 unspecified atom stereocenters. The smallest absolute Gasteiger partial charge is 0.323 e. The van der Waals surface area contributed by atoms with E-state index >= 15 is 0 Å². The molecule has 0 saturated heterocycles. The fourth-order valence-electron chi connectivity index (χ4n) is 1.34. The van der Waals surface area contributed by atoms with Crippen LogP contribution in [0.4, 0.5) is 0 Å². The van der Waals surface area contributed by atoms with Crippen molar-refractivity contribution in [1.82, 2.24) is 5.48 Å². The molecule has 5 nitrogen and oxygen atoms in total. The van der Waals surface area contributed by atoms with Crippen LogP contribution in [-0.2, 0) is 4.79 Å². The highest BCUT2D eigenvalue weighted by Gasteiger charge is 2.20. The Morgan fingerprint density at radius 3 is 2.86 bits per heavy atom. The summed E-state index contributed by atoms with van der Waals surface area (Å²) in [4.78, 5) is 10.6. The maximum atomic E-state index is 10.6. The fourth-order valence-corrected chi connectivity index (χ4v) is 1.34. The number of hydrogen-bond acceptors (Lipinski definition) is 4. The second kappa shape index (κ2) is 4.78.